The number of anilines is 3. The summed E-state index contributed by atoms with van der Waals surface area (Å²) in [6, 6.07) is 8.99. The number of hydrogen-bond donors (Lipinski definition) is 3. The molecule has 10 nitrogen and oxygen atoms in total. The molecular formula is C28H33ClN6O4. The number of amides is 1. The number of nitrogens with two attached hydrogens (primary N) is 2. The number of methoxy groups -OCH3 is 2. The van der Waals surface area contributed by atoms with E-state index in [0.29, 0.717) is 70.0 Å². The predicted octanol–water partition coefficient (Wildman–Crippen LogP) is 5.13. The fourth-order valence-corrected chi connectivity index (χ4v) is 4.52. The summed E-state index contributed by atoms with van der Waals surface area (Å²) in [5, 5.41) is 4.66. The molecule has 2 heterocycles. The number of aromatic nitrogens is 2. The fourth-order valence-electron chi connectivity index (χ4n) is 4.35. The van der Waals surface area contributed by atoms with Crippen molar-refractivity contribution in [2.75, 3.05) is 44.6 Å². The van der Waals surface area contributed by atoms with Gasteiger partial charge in [-0.25, -0.2) is 4.98 Å². The Bertz CT molecular complexity index is 1490. The quantitative estimate of drug-likeness (QED) is 0.231. The van der Waals surface area contributed by atoms with Gasteiger partial charge in [-0.2, -0.15) is 4.98 Å². The fraction of sp³-hybridized carbons (Fsp3) is 0.321. The second kappa shape index (κ2) is 12.1. The van der Waals surface area contributed by atoms with Crippen molar-refractivity contribution >= 4 is 45.9 Å². The zero-order valence-electron chi connectivity index (χ0n) is 22.5. The Kier molecular flexibility index (Phi) is 8.65. The third-order valence-electron chi connectivity index (χ3n) is 6.44. The van der Waals surface area contributed by atoms with Gasteiger partial charge in [-0.1, -0.05) is 24.9 Å². The van der Waals surface area contributed by atoms with Crippen LogP contribution >= 0.6 is 11.6 Å². The van der Waals surface area contributed by atoms with E-state index in [1.54, 1.807) is 50.6 Å². The molecular weight excluding hydrogens is 520 g/mol. The smallest absolute Gasteiger partial charge is 0.255 e. The highest BCUT2D eigenvalue weighted by molar-refractivity contribution is 6.31. The molecule has 0 unspecified atom stereocenters. The Morgan fingerprint density at radius 2 is 1.95 bits per heavy atom. The van der Waals surface area contributed by atoms with Crippen molar-refractivity contribution < 1.29 is 18.7 Å². The van der Waals surface area contributed by atoms with Crippen molar-refractivity contribution in [3.63, 3.8) is 0 Å². The van der Waals surface area contributed by atoms with E-state index in [-0.39, 0.29) is 11.9 Å². The highest BCUT2D eigenvalue weighted by Crippen LogP contribution is 2.40. The minimum absolute atomic E-state index is 0.0794. The number of rotatable bonds is 11. The number of nitrogens with zero attached hydrogens (tertiary/aromatic N) is 3. The number of fused-ring (bicyclic) bond motifs is 1. The summed E-state index contributed by atoms with van der Waals surface area (Å²) in [5.74, 6) is 1.95. The summed E-state index contributed by atoms with van der Waals surface area (Å²) in [7, 11) is 4.92. The first kappa shape index (κ1) is 27.8. The molecule has 5 N–H and O–H groups in total. The van der Waals surface area contributed by atoms with Gasteiger partial charge in [-0.05, 0) is 42.3 Å². The number of unbranched alkanes of at least 4 members (excludes halogenated alkanes) is 1. The number of carbonyl (C=O) groups excluding carboxylic acids is 1. The van der Waals surface area contributed by atoms with E-state index in [9.17, 15) is 4.79 Å². The normalized spacial score (nSPS) is 11.0. The number of benzene rings is 2. The van der Waals surface area contributed by atoms with Crippen LogP contribution in [0.2, 0.25) is 5.02 Å². The number of nitrogen functional groups attached to an aromatic ring is 2. The lowest BCUT2D eigenvalue weighted by molar-refractivity contribution is 0.0794. The molecule has 2 aromatic heterocycles. The highest BCUT2D eigenvalue weighted by atomic mass is 35.5. The molecule has 0 aliphatic heterocycles. The van der Waals surface area contributed by atoms with Crippen molar-refractivity contribution in [1.29, 1.82) is 0 Å². The third-order valence-corrected chi connectivity index (χ3v) is 6.68. The number of carbonyl (C=O) groups is 1. The molecule has 0 aliphatic rings. The van der Waals surface area contributed by atoms with Gasteiger partial charge in [0.25, 0.3) is 5.91 Å². The van der Waals surface area contributed by atoms with Crippen LogP contribution in [0.5, 0.6) is 11.5 Å². The van der Waals surface area contributed by atoms with Gasteiger partial charge in [0.2, 0.25) is 11.7 Å². The first-order valence-electron chi connectivity index (χ1n) is 12.6. The summed E-state index contributed by atoms with van der Waals surface area (Å²) in [6.07, 6.45) is 3.97. The largest absolute Gasteiger partial charge is 0.493 e. The van der Waals surface area contributed by atoms with Gasteiger partial charge in [0.1, 0.15) is 11.6 Å². The molecule has 4 rings (SSSR count). The van der Waals surface area contributed by atoms with E-state index in [2.05, 4.69) is 22.2 Å². The zero-order valence-corrected chi connectivity index (χ0v) is 23.3. The van der Waals surface area contributed by atoms with Crippen LogP contribution in [-0.4, -0.2) is 48.6 Å². The van der Waals surface area contributed by atoms with Crippen molar-refractivity contribution in [3.05, 3.63) is 64.0 Å². The standard InChI is InChI=1S/C28H33ClN6O4/c1-5-6-9-35(2)27(36)20-8-7-18(29)12-22(20)32-15-19-13-21-16(10-17-14-33-28(31)34-26(17)30)11-23(37-3)25(38-4)24(21)39-19/h7-8,11-14,32H,5-6,9-10,15H2,1-4H3,(H4,30,31,33,34). The molecule has 0 fully saturated rings. The van der Waals surface area contributed by atoms with Crippen LogP contribution in [0.1, 0.15) is 47.0 Å². The molecule has 206 valence electrons. The third kappa shape index (κ3) is 6.12. The molecule has 0 saturated heterocycles. The van der Waals surface area contributed by atoms with E-state index in [1.807, 2.05) is 12.1 Å². The van der Waals surface area contributed by atoms with Crippen LogP contribution in [0.25, 0.3) is 11.0 Å². The second-order valence-corrected chi connectivity index (χ2v) is 9.60. The van der Waals surface area contributed by atoms with Gasteiger partial charge in [-0.15, -0.1) is 0 Å². The minimum atomic E-state index is -0.0794. The molecule has 0 spiro atoms. The molecule has 39 heavy (non-hydrogen) atoms. The van der Waals surface area contributed by atoms with Gasteiger partial charge in [0.05, 0.1) is 26.3 Å². The van der Waals surface area contributed by atoms with E-state index >= 15 is 0 Å². The number of nitrogens with one attached hydrogen (secondary N) is 1. The van der Waals surface area contributed by atoms with Gasteiger partial charge in [-0.3, -0.25) is 4.79 Å². The monoisotopic (exact) mass is 552 g/mol. The Labute approximate surface area is 232 Å². The molecule has 0 bridgehead atoms. The summed E-state index contributed by atoms with van der Waals surface area (Å²) >= 11 is 6.28. The van der Waals surface area contributed by atoms with Gasteiger partial charge >= 0.3 is 0 Å². The molecule has 1 amide bonds. The Morgan fingerprint density at radius 3 is 2.64 bits per heavy atom. The van der Waals surface area contributed by atoms with Crippen LogP contribution in [0, 0.1) is 0 Å². The first-order valence-corrected chi connectivity index (χ1v) is 13.0. The lowest BCUT2D eigenvalue weighted by Crippen LogP contribution is -2.28. The van der Waals surface area contributed by atoms with Crippen LogP contribution in [-0.2, 0) is 13.0 Å². The first-order chi connectivity index (χ1) is 18.7. The summed E-state index contributed by atoms with van der Waals surface area (Å²) in [6.45, 7) is 3.07. The summed E-state index contributed by atoms with van der Waals surface area (Å²) < 4.78 is 17.4. The predicted molar refractivity (Wildman–Crippen MR) is 154 cm³/mol. The van der Waals surface area contributed by atoms with Crippen molar-refractivity contribution in [2.45, 2.75) is 32.7 Å². The number of furan rings is 1. The topological polar surface area (TPSA) is 142 Å². The second-order valence-electron chi connectivity index (χ2n) is 9.17. The molecule has 11 heteroatoms. The average molecular weight is 553 g/mol. The van der Waals surface area contributed by atoms with Crippen LogP contribution in [0.15, 0.2) is 40.9 Å². The van der Waals surface area contributed by atoms with Gasteiger partial charge in [0.15, 0.2) is 11.3 Å². The van der Waals surface area contributed by atoms with Crippen molar-refractivity contribution in [1.82, 2.24) is 14.9 Å². The molecule has 0 atom stereocenters. The Balaban J connectivity index is 1.67. The summed E-state index contributed by atoms with van der Waals surface area (Å²) in [5.41, 5.74) is 15.0. The van der Waals surface area contributed by atoms with Crippen molar-refractivity contribution in [2.24, 2.45) is 0 Å². The summed E-state index contributed by atoms with van der Waals surface area (Å²) in [4.78, 5) is 23.0. The van der Waals surface area contributed by atoms with E-state index in [0.717, 1.165) is 23.8 Å². The maximum absolute atomic E-state index is 13.1. The zero-order chi connectivity index (χ0) is 28.1. The number of ether oxygens (including phenoxy) is 2. The average Bonchev–Trinajstić information content (AvgIpc) is 3.35. The minimum Gasteiger partial charge on any atom is -0.493 e. The van der Waals surface area contributed by atoms with E-state index in [1.165, 1.54) is 0 Å². The van der Waals surface area contributed by atoms with Crippen LogP contribution < -0.4 is 26.3 Å². The molecule has 2 aromatic carbocycles. The van der Waals surface area contributed by atoms with Crippen LogP contribution in [0.3, 0.4) is 0 Å². The lowest BCUT2D eigenvalue weighted by Gasteiger charge is -2.19. The molecule has 0 aliphatic carbocycles. The number of halogens is 1. The number of hydrogen-bond acceptors (Lipinski definition) is 9. The molecule has 0 radical (unpaired) electrons. The molecule has 0 saturated carbocycles. The lowest BCUT2D eigenvalue weighted by atomic mass is 10.0. The van der Waals surface area contributed by atoms with E-state index in [4.69, 9.17) is 37.0 Å². The maximum atomic E-state index is 13.1. The maximum Gasteiger partial charge on any atom is 0.255 e. The van der Waals surface area contributed by atoms with E-state index < -0.39 is 0 Å². The SMILES string of the molecule is CCCCN(C)C(=O)c1ccc(Cl)cc1NCc1cc2c(Cc3cnc(N)nc3N)cc(OC)c(OC)c2o1. The molecule has 4 aromatic rings. The van der Waals surface area contributed by atoms with Gasteiger partial charge in [0, 0.05) is 47.9 Å². The van der Waals surface area contributed by atoms with Gasteiger partial charge < -0.3 is 35.6 Å². The highest BCUT2D eigenvalue weighted by Gasteiger charge is 2.21. The van der Waals surface area contributed by atoms with Crippen LogP contribution in [0.4, 0.5) is 17.5 Å². The Hall–Kier alpha value is -4.18. The van der Waals surface area contributed by atoms with Crippen molar-refractivity contribution in [3.8, 4) is 11.5 Å². The Morgan fingerprint density at radius 1 is 1.15 bits per heavy atom.